The topological polar surface area (TPSA) is 221 Å². The van der Waals surface area contributed by atoms with Gasteiger partial charge in [0.25, 0.3) is 5.91 Å². The van der Waals surface area contributed by atoms with Crippen LogP contribution in [0.25, 0.3) is 0 Å². The first-order valence-corrected chi connectivity index (χ1v) is 22.4. The molecule has 2 bridgehead atoms. The van der Waals surface area contributed by atoms with Crippen molar-refractivity contribution < 1.29 is 67.8 Å². The van der Waals surface area contributed by atoms with E-state index in [2.05, 4.69) is 5.32 Å². The van der Waals surface area contributed by atoms with E-state index < -0.39 is 119 Å². The number of fused-ring (bicyclic) bond motifs is 5. The first kappa shape index (κ1) is 45.8. The van der Waals surface area contributed by atoms with Crippen molar-refractivity contribution in [1.29, 1.82) is 0 Å². The molecule has 1 heterocycles. The van der Waals surface area contributed by atoms with E-state index in [0.717, 1.165) is 45.4 Å². The molecular formula is C47H63NO14. The first-order chi connectivity index (χ1) is 29.3. The molecule has 15 nitrogen and oxygen atoms in total. The van der Waals surface area contributed by atoms with Gasteiger partial charge in [0, 0.05) is 37.7 Å². The van der Waals surface area contributed by atoms with Gasteiger partial charge in [-0.15, -0.1) is 0 Å². The van der Waals surface area contributed by atoms with Crippen LogP contribution in [0.4, 0.5) is 0 Å². The van der Waals surface area contributed by atoms with E-state index in [1.54, 1.807) is 51.1 Å². The van der Waals surface area contributed by atoms with E-state index >= 15 is 4.79 Å². The standard InChI is InChI=1S/C47H63NO14/c1-25-31(60-43(56)36(52)35(28-16-10-7-11-17-28)48-41(54)29-18-12-8-13-19-29)23-47(57)40(61-42(55)30-20-14-9-15-21-30)38-45(6,32(51)22-33-46(38,24-58-33)62-27(3)50)39(53)37(59-26(2)49)34(25)44(47,4)5/h8,12-13,18-19,28,30-33,35-38,40,51-52,57H,7,9-11,14-17,20-24H2,1-6H3,(H,48,54)/t31-,32-,33+,35-,36+,37+,38-,40-,45+,46-,47+/m0/s1. The van der Waals surface area contributed by atoms with Crippen LogP contribution in [-0.2, 0) is 47.7 Å². The van der Waals surface area contributed by atoms with Gasteiger partial charge in [-0.1, -0.05) is 70.6 Å². The number of ether oxygens (including phenoxy) is 5. The highest BCUT2D eigenvalue weighted by Gasteiger charge is 2.78. The Labute approximate surface area is 362 Å². The number of hydrogen-bond acceptors (Lipinski definition) is 14. The van der Waals surface area contributed by atoms with Crippen LogP contribution < -0.4 is 5.32 Å². The van der Waals surface area contributed by atoms with Gasteiger partial charge in [0.2, 0.25) is 0 Å². The average molecular weight is 866 g/mol. The van der Waals surface area contributed by atoms with E-state index in [1.165, 1.54) is 13.8 Å². The Kier molecular flexibility index (Phi) is 12.9. The van der Waals surface area contributed by atoms with Crippen molar-refractivity contribution in [3.8, 4) is 0 Å². The van der Waals surface area contributed by atoms with Crippen LogP contribution in [0.2, 0.25) is 0 Å². The average Bonchev–Trinajstić information content (AvgIpc) is 3.24. The van der Waals surface area contributed by atoms with Crippen molar-refractivity contribution in [3.63, 3.8) is 0 Å². The number of nitrogens with one attached hydrogen (secondary N) is 1. The summed E-state index contributed by atoms with van der Waals surface area (Å²) in [4.78, 5) is 83.9. The fourth-order valence-corrected chi connectivity index (χ4v) is 11.9. The summed E-state index contributed by atoms with van der Waals surface area (Å²) in [6.07, 6.45) is -2.36. The lowest BCUT2D eigenvalue weighted by Gasteiger charge is -2.67. The molecule has 0 aromatic heterocycles. The van der Waals surface area contributed by atoms with Gasteiger partial charge in [-0.05, 0) is 68.7 Å². The number of esters is 4. The number of rotatable bonds is 10. The number of carbonyl (C=O) groups excluding carboxylic acids is 6. The molecule has 5 aliphatic carbocycles. The summed E-state index contributed by atoms with van der Waals surface area (Å²) in [6, 6.07) is 7.39. The summed E-state index contributed by atoms with van der Waals surface area (Å²) in [5.41, 5.74) is -6.91. The van der Waals surface area contributed by atoms with Gasteiger partial charge < -0.3 is 44.3 Å². The quantitative estimate of drug-likeness (QED) is 0.147. The minimum Gasteiger partial charge on any atom is -0.459 e. The number of hydrogen-bond donors (Lipinski definition) is 4. The van der Waals surface area contributed by atoms with Gasteiger partial charge >= 0.3 is 23.9 Å². The summed E-state index contributed by atoms with van der Waals surface area (Å²) < 4.78 is 30.7. The molecule has 11 atom stereocenters. The fourth-order valence-electron chi connectivity index (χ4n) is 11.9. The largest absolute Gasteiger partial charge is 0.459 e. The molecule has 1 amide bonds. The summed E-state index contributed by atoms with van der Waals surface area (Å²) in [5.74, 6) is -6.88. The maximum absolute atomic E-state index is 15.5. The van der Waals surface area contributed by atoms with Gasteiger partial charge in [-0.3, -0.25) is 24.0 Å². The fraction of sp³-hybridized carbons (Fsp3) is 0.702. The van der Waals surface area contributed by atoms with Crippen molar-refractivity contribution in [2.24, 2.45) is 28.6 Å². The van der Waals surface area contributed by atoms with Crippen LogP contribution in [0.1, 0.15) is 129 Å². The van der Waals surface area contributed by atoms with Gasteiger partial charge in [0.05, 0.1) is 36.0 Å². The van der Waals surface area contributed by atoms with Crippen molar-refractivity contribution in [2.75, 3.05) is 6.61 Å². The molecule has 0 spiro atoms. The number of aliphatic hydroxyl groups excluding tert-OH is 2. The van der Waals surface area contributed by atoms with Crippen molar-refractivity contribution in [1.82, 2.24) is 5.32 Å². The van der Waals surface area contributed by atoms with Gasteiger partial charge in [0.15, 0.2) is 23.6 Å². The monoisotopic (exact) mass is 865 g/mol. The molecule has 62 heavy (non-hydrogen) atoms. The van der Waals surface area contributed by atoms with Crippen LogP contribution >= 0.6 is 0 Å². The third-order valence-electron chi connectivity index (χ3n) is 15.5. The van der Waals surface area contributed by atoms with Crippen LogP contribution in [0.5, 0.6) is 0 Å². The predicted molar refractivity (Wildman–Crippen MR) is 220 cm³/mol. The second-order valence-corrected chi connectivity index (χ2v) is 19.4. The molecular weight excluding hydrogens is 803 g/mol. The highest BCUT2D eigenvalue weighted by Crippen LogP contribution is 2.64. The normalized spacial score (nSPS) is 35.6. The zero-order valence-electron chi connectivity index (χ0n) is 36.7. The lowest BCUT2D eigenvalue weighted by atomic mass is 9.44. The van der Waals surface area contributed by atoms with Crippen molar-refractivity contribution in [2.45, 2.75) is 172 Å². The van der Waals surface area contributed by atoms with E-state index in [1.807, 2.05) is 0 Å². The third-order valence-corrected chi connectivity index (χ3v) is 15.5. The number of carbonyl (C=O) groups is 6. The SMILES string of the molecule is CC(=O)O[C@H]1C(=O)[C@@]2(C)[C@H]([C@H](OC(=O)C3CCCCC3)[C@]3(O)C[C@H](OC(=O)[C@H](O)[C@@H](NC(=O)c4ccccc4)C4CCCCC4)C(C)=C1C3(C)C)[C@]1(OC(C)=O)CO[C@@H]1C[C@@H]2O. The summed E-state index contributed by atoms with van der Waals surface area (Å²) in [6.45, 7) is 8.34. The number of amides is 1. The van der Waals surface area contributed by atoms with Crippen LogP contribution in [0.15, 0.2) is 41.5 Å². The smallest absolute Gasteiger partial charge is 0.337 e. The molecule has 0 unspecified atom stereocenters. The van der Waals surface area contributed by atoms with E-state index in [-0.39, 0.29) is 30.1 Å². The van der Waals surface area contributed by atoms with Crippen LogP contribution in [0, 0.1) is 28.6 Å². The second-order valence-electron chi connectivity index (χ2n) is 19.4. The molecule has 1 saturated heterocycles. The summed E-state index contributed by atoms with van der Waals surface area (Å²) in [5, 5.41) is 40.6. The van der Waals surface area contributed by atoms with Gasteiger partial charge in [-0.2, -0.15) is 0 Å². The Morgan fingerprint density at radius 2 is 1.50 bits per heavy atom. The minimum atomic E-state index is -2.29. The Bertz CT molecular complexity index is 1950. The zero-order chi connectivity index (χ0) is 44.9. The zero-order valence-corrected chi connectivity index (χ0v) is 36.7. The molecule has 1 aromatic rings. The van der Waals surface area contributed by atoms with Crippen molar-refractivity contribution in [3.05, 3.63) is 47.0 Å². The molecule has 6 aliphatic rings. The van der Waals surface area contributed by atoms with E-state index in [0.29, 0.717) is 31.2 Å². The first-order valence-electron chi connectivity index (χ1n) is 22.4. The lowest BCUT2D eigenvalue weighted by molar-refractivity contribution is -0.347. The van der Waals surface area contributed by atoms with E-state index in [4.69, 9.17) is 23.7 Å². The number of aliphatic hydroxyl groups is 3. The molecule has 0 radical (unpaired) electrons. The highest BCUT2D eigenvalue weighted by atomic mass is 16.6. The molecule has 5 fully saturated rings. The van der Waals surface area contributed by atoms with Crippen molar-refractivity contribution >= 4 is 35.6 Å². The highest BCUT2D eigenvalue weighted by molar-refractivity contribution is 5.96. The van der Waals surface area contributed by atoms with Gasteiger partial charge in [0.1, 0.15) is 23.9 Å². The number of Topliss-reactive ketones (excluding diaryl/α,β-unsaturated/α-hetero) is 1. The maximum Gasteiger partial charge on any atom is 0.337 e. The lowest BCUT2D eigenvalue weighted by Crippen LogP contribution is -2.82. The summed E-state index contributed by atoms with van der Waals surface area (Å²) >= 11 is 0. The number of benzene rings is 1. The Morgan fingerprint density at radius 1 is 0.871 bits per heavy atom. The maximum atomic E-state index is 15.5. The molecule has 1 aliphatic heterocycles. The minimum absolute atomic E-state index is 0.0686. The van der Waals surface area contributed by atoms with Crippen LogP contribution in [0.3, 0.4) is 0 Å². The number of ketones is 1. The molecule has 4 saturated carbocycles. The summed E-state index contributed by atoms with van der Waals surface area (Å²) in [7, 11) is 0. The molecule has 340 valence electrons. The Morgan fingerprint density at radius 3 is 2.08 bits per heavy atom. The third kappa shape index (κ3) is 7.78. The molecule has 15 heteroatoms. The predicted octanol–water partition coefficient (Wildman–Crippen LogP) is 4.21. The Balaban J connectivity index is 1.36. The molecule has 4 N–H and O–H groups in total. The molecule has 1 aromatic carbocycles. The second kappa shape index (κ2) is 17.4. The Hall–Kier alpha value is -4.18. The van der Waals surface area contributed by atoms with Crippen LogP contribution in [-0.4, -0.2) is 111 Å². The van der Waals surface area contributed by atoms with E-state index in [9.17, 15) is 39.3 Å². The van der Waals surface area contributed by atoms with Gasteiger partial charge in [-0.25, -0.2) is 4.79 Å². The molecule has 7 rings (SSSR count).